The average Bonchev–Trinajstić information content (AvgIpc) is 2.38. The molecule has 0 amide bonds. The Hall–Kier alpha value is -1.54. The fraction of sp³-hybridized carbons (Fsp3) is 0.0714. The maximum absolute atomic E-state index is 8.98. The molecule has 0 aliphatic heterocycles. The van der Waals surface area contributed by atoms with E-state index in [1.165, 1.54) is 9.13 Å². The van der Waals surface area contributed by atoms with Crippen LogP contribution in [-0.4, -0.2) is 0 Å². The van der Waals surface area contributed by atoms with Gasteiger partial charge < -0.3 is 5.32 Å². The van der Waals surface area contributed by atoms with Gasteiger partial charge in [0.15, 0.2) is 0 Å². The number of hydrogen-bond acceptors (Lipinski definition) is 2. The summed E-state index contributed by atoms with van der Waals surface area (Å²) in [4.78, 5) is 0. The van der Waals surface area contributed by atoms with Crippen molar-refractivity contribution in [2.45, 2.75) is 6.54 Å². The summed E-state index contributed by atoms with van der Waals surface area (Å²) < 4.78 is 1.23. The third kappa shape index (κ3) is 2.98. The Morgan fingerprint density at radius 2 is 1.76 bits per heavy atom. The van der Waals surface area contributed by atoms with Crippen LogP contribution in [0.2, 0.25) is 0 Å². The van der Waals surface area contributed by atoms with Crippen molar-refractivity contribution >= 4 is 28.3 Å². The van der Waals surface area contributed by atoms with E-state index in [1.807, 2.05) is 36.4 Å². The molecule has 2 aromatic carbocycles. The van der Waals surface area contributed by atoms with E-state index in [-0.39, 0.29) is 0 Å². The summed E-state index contributed by atoms with van der Waals surface area (Å²) in [6.07, 6.45) is 0. The lowest BCUT2D eigenvalue weighted by molar-refractivity contribution is 1.13. The third-order valence-corrected chi connectivity index (χ3v) is 3.53. The number of nitrogens with one attached hydrogen (secondary N) is 1. The molecule has 0 radical (unpaired) electrons. The molecule has 0 aliphatic carbocycles. The molecule has 0 saturated carbocycles. The zero-order chi connectivity index (χ0) is 12.1. The molecule has 0 unspecified atom stereocenters. The Morgan fingerprint density at radius 3 is 2.53 bits per heavy atom. The van der Waals surface area contributed by atoms with Gasteiger partial charge in [-0.25, -0.2) is 0 Å². The zero-order valence-electron chi connectivity index (χ0n) is 9.15. The summed E-state index contributed by atoms with van der Waals surface area (Å²) in [5, 5.41) is 12.3. The number of benzene rings is 2. The first-order valence-electron chi connectivity index (χ1n) is 5.27. The largest absolute Gasteiger partial charge is 0.380 e. The van der Waals surface area contributed by atoms with E-state index >= 15 is 0 Å². The molecule has 0 heterocycles. The Balaban J connectivity index is 2.13. The van der Waals surface area contributed by atoms with Crippen LogP contribution < -0.4 is 5.32 Å². The molecular weight excluding hydrogens is 323 g/mol. The highest BCUT2D eigenvalue weighted by Crippen LogP contribution is 2.17. The summed E-state index contributed by atoms with van der Waals surface area (Å²) in [7, 11) is 0. The van der Waals surface area contributed by atoms with Crippen LogP contribution in [0.1, 0.15) is 11.1 Å². The SMILES string of the molecule is N#Cc1ccccc1NCc1ccccc1I. The highest BCUT2D eigenvalue weighted by atomic mass is 127. The van der Waals surface area contributed by atoms with Gasteiger partial charge in [0.1, 0.15) is 6.07 Å². The summed E-state index contributed by atoms with van der Waals surface area (Å²) in [5.41, 5.74) is 2.80. The Labute approximate surface area is 114 Å². The molecule has 2 aromatic rings. The Kier molecular flexibility index (Phi) is 3.99. The lowest BCUT2D eigenvalue weighted by Crippen LogP contribution is -2.02. The second kappa shape index (κ2) is 5.69. The topological polar surface area (TPSA) is 35.8 Å². The average molecular weight is 334 g/mol. The molecular formula is C14H11IN2. The molecule has 0 spiro atoms. The smallest absolute Gasteiger partial charge is 0.101 e. The fourth-order valence-electron chi connectivity index (χ4n) is 1.57. The van der Waals surface area contributed by atoms with Crippen molar-refractivity contribution in [3.63, 3.8) is 0 Å². The van der Waals surface area contributed by atoms with Crippen molar-refractivity contribution in [2.75, 3.05) is 5.32 Å². The fourth-order valence-corrected chi connectivity index (χ4v) is 2.15. The van der Waals surface area contributed by atoms with Gasteiger partial charge in [-0.05, 0) is 46.4 Å². The van der Waals surface area contributed by atoms with Crippen LogP contribution in [0.25, 0.3) is 0 Å². The first kappa shape index (κ1) is 11.9. The molecule has 2 nitrogen and oxygen atoms in total. The second-order valence-electron chi connectivity index (χ2n) is 3.60. The van der Waals surface area contributed by atoms with Crippen LogP contribution in [0.5, 0.6) is 0 Å². The summed E-state index contributed by atoms with van der Waals surface area (Å²) in [6, 6.07) is 17.9. The van der Waals surface area contributed by atoms with Gasteiger partial charge in [0.05, 0.1) is 11.3 Å². The van der Waals surface area contributed by atoms with Crippen molar-refractivity contribution in [1.29, 1.82) is 5.26 Å². The summed E-state index contributed by atoms with van der Waals surface area (Å²) in [6.45, 7) is 0.734. The first-order chi connectivity index (χ1) is 8.31. The minimum absolute atomic E-state index is 0.679. The van der Waals surface area contributed by atoms with Gasteiger partial charge in [-0.2, -0.15) is 5.26 Å². The molecule has 0 fully saturated rings. The quantitative estimate of drug-likeness (QED) is 0.868. The van der Waals surface area contributed by atoms with Crippen molar-refractivity contribution in [1.82, 2.24) is 0 Å². The van der Waals surface area contributed by atoms with E-state index in [9.17, 15) is 0 Å². The van der Waals surface area contributed by atoms with Crippen LogP contribution in [-0.2, 0) is 6.54 Å². The molecule has 0 atom stereocenters. The van der Waals surface area contributed by atoms with Crippen LogP contribution in [0.4, 0.5) is 5.69 Å². The van der Waals surface area contributed by atoms with Gasteiger partial charge >= 0.3 is 0 Å². The normalized spacial score (nSPS) is 9.65. The molecule has 0 aromatic heterocycles. The maximum Gasteiger partial charge on any atom is 0.101 e. The van der Waals surface area contributed by atoms with Crippen molar-refractivity contribution < 1.29 is 0 Å². The summed E-state index contributed by atoms with van der Waals surface area (Å²) >= 11 is 2.32. The number of nitriles is 1. The van der Waals surface area contributed by atoms with E-state index in [1.54, 1.807) is 0 Å². The van der Waals surface area contributed by atoms with Gasteiger partial charge in [0.25, 0.3) is 0 Å². The number of para-hydroxylation sites is 1. The standard InChI is InChI=1S/C14H11IN2/c15-13-7-3-1-6-12(13)10-17-14-8-4-2-5-11(14)9-16/h1-8,17H,10H2. The van der Waals surface area contributed by atoms with Gasteiger partial charge in [-0.3, -0.25) is 0 Å². The predicted octanol–water partition coefficient (Wildman–Crippen LogP) is 3.77. The van der Waals surface area contributed by atoms with Gasteiger partial charge in [-0.15, -0.1) is 0 Å². The highest BCUT2D eigenvalue weighted by Gasteiger charge is 2.01. The Morgan fingerprint density at radius 1 is 1.06 bits per heavy atom. The molecule has 0 bridgehead atoms. The first-order valence-corrected chi connectivity index (χ1v) is 6.35. The molecule has 0 aliphatic rings. The van der Waals surface area contributed by atoms with Crippen molar-refractivity contribution in [3.8, 4) is 6.07 Å². The van der Waals surface area contributed by atoms with Gasteiger partial charge in [0, 0.05) is 10.1 Å². The summed E-state index contributed by atoms with van der Waals surface area (Å²) in [5.74, 6) is 0. The van der Waals surface area contributed by atoms with Crippen LogP contribution in [0.3, 0.4) is 0 Å². The van der Waals surface area contributed by atoms with Gasteiger partial charge in [0.2, 0.25) is 0 Å². The number of nitrogens with zero attached hydrogens (tertiary/aromatic N) is 1. The third-order valence-electron chi connectivity index (χ3n) is 2.47. The van der Waals surface area contributed by atoms with Crippen LogP contribution in [0, 0.1) is 14.9 Å². The lowest BCUT2D eigenvalue weighted by Gasteiger charge is -2.09. The number of anilines is 1. The minimum atomic E-state index is 0.679. The van der Waals surface area contributed by atoms with E-state index in [2.05, 4.69) is 46.1 Å². The minimum Gasteiger partial charge on any atom is -0.380 e. The molecule has 3 heteroatoms. The van der Waals surface area contributed by atoms with Crippen molar-refractivity contribution in [2.24, 2.45) is 0 Å². The molecule has 1 N–H and O–H groups in total. The molecule has 17 heavy (non-hydrogen) atoms. The predicted molar refractivity (Wildman–Crippen MR) is 77.6 cm³/mol. The van der Waals surface area contributed by atoms with Gasteiger partial charge in [-0.1, -0.05) is 30.3 Å². The zero-order valence-corrected chi connectivity index (χ0v) is 11.3. The van der Waals surface area contributed by atoms with E-state index in [0.29, 0.717) is 5.56 Å². The number of rotatable bonds is 3. The van der Waals surface area contributed by atoms with E-state index in [0.717, 1.165) is 12.2 Å². The Bertz CT molecular complexity index is 558. The molecule has 84 valence electrons. The van der Waals surface area contributed by atoms with Crippen LogP contribution >= 0.6 is 22.6 Å². The van der Waals surface area contributed by atoms with Crippen LogP contribution in [0.15, 0.2) is 48.5 Å². The van der Waals surface area contributed by atoms with E-state index in [4.69, 9.17) is 5.26 Å². The monoisotopic (exact) mass is 334 g/mol. The van der Waals surface area contributed by atoms with Crippen molar-refractivity contribution in [3.05, 3.63) is 63.2 Å². The molecule has 0 saturated heterocycles. The number of hydrogen-bond donors (Lipinski definition) is 1. The lowest BCUT2D eigenvalue weighted by atomic mass is 10.1. The maximum atomic E-state index is 8.98. The second-order valence-corrected chi connectivity index (χ2v) is 4.76. The number of halogens is 1. The van der Waals surface area contributed by atoms with E-state index < -0.39 is 0 Å². The highest BCUT2D eigenvalue weighted by molar-refractivity contribution is 14.1. The molecule has 2 rings (SSSR count).